The smallest absolute Gasteiger partial charge is 0.166 e. The van der Waals surface area contributed by atoms with Crippen molar-refractivity contribution in [1.29, 1.82) is 0 Å². The molecule has 0 saturated heterocycles. The third-order valence-electron chi connectivity index (χ3n) is 3.64. The Morgan fingerprint density at radius 2 is 1.13 bits per heavy atom. The van der Waals surface area contributed by atoms with Crippen LogP contribution >= 0.6 is 0 Å². The number of alkyl halides is 6. The van der Waals surface area contributed by atoms with Crippen LogP contribution in [0.4, 0.5) is 26.3 Å². The van der Waals surface area contributed by atoms with Crippen molar-refractivity contribution >= 4 is 0 Å². The maximum atomic E-state index is 12.8. The number of hydrogen-bond acceptors (Lipinski definition) is 0. The van der Waals surface area contributed by atoms with Crippen LogP contribution in [0.2, 0.25) is 0 Å². The van der Waals surface area contributed by atoms with E-state index >= 15 is 0 Å². The van der Waals surface area contributed by atoms with Gasteiger partial charge in [-0.3, -0.25) is 0 Å². The molecule has 0 atom stereocenters. The van der Waals surface area contributed by atoms with E-state index in [0.717, 1.165) is 24.3 Å². The van der Waals surface area contributed by atoms with Gasteiger partial charge < -0.3 is 0 Å². The van der Waals surface area contributed by atoms with E-state index in [1.165, 1.54) is 24.3 Å². The van der Waals surface area contributed by atoms with E-state index in [4.69, 9.17) is 0 Å². The van der Waals surface area contributed by atoms with E-state index < -0.39 is 29.4 Å². The monoisotopic (exact) mass is 332 g/mol. The van der Waals surface area contributed by atoms with Crippen LogP contribution in [0, 0.1) is 0 Å². The van der Waals surface area contributed by atoms with Crippen LogP contribution in [0.25, 0.3) is 0 Å². The highest BCUT2D eigenvalue weighted by Gasteiger charge is 2.32. The zero-order valence-electron chi connectivity index (χ0n) is 12.2. The summed E-state index contributed by atoms with van der Waals surface area (Å²) in [6, 6.07) is 9.43. The lowest BCUT2D eigenvalue weighted by Gasteiger charge is -2.19. The zero-order valence-corrected chi connectivity index (χ0v) is 12.2. The molecule has 0 radical (unpaired) electrons. The first-order valence-electron chi connectivity index (χ1n) is 6.97. The van der Waals surface area contributed by atoms with Crippen LogP contribution in [-0.4, -0.2) is 0 Å². The van der Waals surface area contributed by atoms with Crippen LogP contribution in [0.1, 0.15) is 41.5 Å². The average molecular weight is 332 g/mol. The Balaban J connectivity index is 2.45. The molecule has 0 unspecified atom stereocenters. The molecule has 0 saturated carbocycles. The van der Waals surface area contributed by atoms with Crippen LogP contribution in [-0.2, 0) is 12.4 Å². The summed E-state index contributed by atoms with van der Waals surface area (Å²) < 4.78 is 76.9. The maximum Gasteiger partial charge on any atom is 0.416 e. The summed E-state index contributed by atoms with van der Waals surface area (Å²) in [5.74, 6) is -0.528. The molecular weight excluding hydrogens is 318 g/mol. The van der Waals surface area contributed by atoms with Crippen molar-refractivity contribution in [1.82, 2.24) is 0 Å². The van der Waals surface area contributed by atoms with E-state index in [-0.39, 0.29) is 0 Å². The lowest BCUT2D eigenvalue weighted by molar-refractivity contribution is -0.138. The first kappa shape index (κ1) is 17.4. The molecule has 2 rings (SSSR count). The number of rotatable bonds is 3. The second-order valence-electron chi connectivity index (χ2n) is 5.21. The van der Waals surface area contributed by atoms with Gasteiger partial charge in [-0.25, -0.2) is 0 Å². The summed E-state index contributed by atoms with van der Waals surface area (Å²) in [5.41, 5.74) is -0.913. The maximum absolute atomic E-state index is 12.8. The molecule has 0 fully saturated rings. The molecule has 0 aromatic heterocycles. The van der Waals surface area contributed by atoms with Gasteiger partial charge in [-0.05, 0) is 29.7 Å². The predicted octanol–water partition coefficient (Wildman–Crippen LogP) is 6.27. The SMILES string of the molecule is CCC(c1cccc(C(F)(F)F)c1)c1cccc(C(F)(F)F)c1. The Labute approximate surface area is 129 Å². The molecule has 6 heteroatoms. The summed E-state index contributed by atoms with van der Waals surface area (Å²) in [4.78, 5) is 0. The molecule has 0 nitrogen and oxygen atoms in total. The molecule has 2 aromatic rings. The molecule has 23 heavy (non-hydrogen) atoms. The van der Waals surface area contributed by atoms with E-state index in [9.17, 15) is 26.3 Å². The molecule has 0 amide bonds. The second-order valence-corrected chi connectivity index (χ2v) is 5.21. The zero-order chi connectivity index (χ0) is 17.3. The van der Waals surface area contributed by atoms with Crippen molar-refractivity contribution in [2.75, 3.05) is 0 Å². The van der Waals surface area contributed by atoms with E-state index in [2.05, 4.69) is 0 Å². The van der Waals surface area contributed by atoms with Gasteiger partial charge in [0, 0.05) is 5.92 Å². The lowest BCUT2D eigenvalue weighted by atomic mass is 9.87. The molecule has 0 aliphatic heterocycles. The van der Waals surface area contributed by atoms with Gasteiger partial charge in [0.05, 0.1) is 11.1 Å². The fourth-order valence-corrected chi connectivity index (χ4v) is 2.53. The standard InChI is InChI=1S/C17H14F6/c1-2-15(11-5-3-7-13(9-11)16(18,19)20)12-6-4-8-14(10-12)17(21,22)23/h3-10,15H,2H2,1H3. The van der Waals surface area contributed by atoms with Crippen molar-refractivity contribution in [2.45, 2.75) is 31.6 Å². The molecule has 0 aliphatic rings. The molecule has 0 bridgehead atoms. The minimum atomic E-state index is -4.48. The van der Waals surface area contributed by atoms with Crippen molar-refractivity contribution in [2.24, 2.45) is 0 Å². The van der Waals surface area contributed by atoms with Crippen LogP contribution in [0.3, 0.4) is 0 Å². The Morgan fingerprint density at radius 1 is 0.739 bits per heavy atom. The fourth-order valence-electron chi connectivity index (χ4n) is 2.53. The fraction of sp³-hybridized carbons (Fsp3) is 0.294. The molecule has 0 aliphatic carbocycles. The molecule has 124 valence electrons. The lowest BCUT2D eigenvalue weighted by Crippen LogP contribution is -2.09. The van der Waals surface area contributed by atoms with Gasteiger partial charge in [-0.1, -0.05) is 43.3 Å². The Kier molecular flexibility index (Phi) is 4.73. The normalized spacial score (nSPS) is 12.7. The van der Waals surface area contributed by atoms with E-state index in [1.807, 2.05) is 0 Å². The Morgan fingerprint density at radius 3 is 1.43 bits per heavy atom. The third-order valence-corrected chi connectivity index (χ3v) is 3.64. The van der Waals surface area contributed by atoms with E-state index in [0.29, 0.717) is 17.5 Å². The van der Waals surface area contributed by atoms with Crippen LogP contribution < -0.4 is 0 Å². The summed E-state index contributed by atoms with van der Waals surface area (Å²) in [6.45, 7) is 1.73. The minimum absolute atomic E-state index is 0.349. The Bertz CT molecular complexity index is 612. The molecule has 0 heterocycles. The predicted molar refractivity (Wildman–Crippen MR) is 75.0 cm³/mol. The highest BCUT2D eigenvalue weighted by Crippen LogP contribution is 2.36. The quantitative estimate of drug-likeness (QED) is 0.581. The molecule has 2 aromatic carbocycles. The molecule has 0 N–H and O–H groups in total. The van der Waals surface area contributed by atoms with Gasteiger partial charge >= 0.3 is 12.4 Å². The first-order valence-corrected chi connectivity index (χ1v) is 6.97. The highest BCUT2D eigenvalue weighted by atomic mass is 19.4. The second kappa shape index (κ2) is 6.26. The van der Waals surface area contributed by atoms with Gasteiger partial charge in [-0.15, -0.1) is 0 Å². The summed E-state index contributed by atoms with van der Waals surface area (Å²) in [5, 5.41) is 0. The van der Waals surface area contributed by atoms with Crippen molar-refractivity contribution in [3.63, 3.8) is 0 Å². The molecule has 0 spiro atoms. The largest absolute Gasteiger partial charge is 0.416 e. The average Bonchev–Trinajstić information content (AvgIpc) is 2.47. The topological polar surface area (TPSA) is 0 Å². The van der Waals surface area contributed by atoms with Crippen molar-refractivity contribution in [3.05, 3.63) is 70.8 Å². The Hall–Kier alpha value is -1.98. The van der Waals surface area contributed by atoms with Gasteiger partial charge in [0.1, 0.15) is 0 Å². The van der Waals surface area contributed by atoms with Gasteiger partial charge in [0.2, 0.25) is 0 Å². The molecular formula is C17H14F6. The van der Waals surface area contributed by atoms with Crippen molar-refractivity contribution < 1.29 is 26.3 Å². The van der Waals surface area contributed by atoms with Crippen molar-refractivity contribution in [3.8, 4) is 0 Å². The van der Waals surface area contributed by atoms with Gasteiger partial charge in [0.25, 0.3) is 0 Å². The number of hydrogen-bond donors (Lipinski definition) is 0. The first-order chi connectivity index (χ1) is 10.6. The van der Waals surface area contributed by atoms with Crippen LogP contribution in [0.15, 0.2) is 48.5 Å². The number of halogens is 6. The third kappa shape index (κ3) is 4.06. The van der Waals surface area contributed by atoms with Gasteiger partial charge in [-0.2, -0.15) is 26.3 Å². The summed E-state index contributed by atoms with van der Waals surface area (Å²) >= 11 is 0. The van der Waals surface area contributed by atoms with Crippen LogP contribution in [0.5, 0.6) is 0 Å². The summed E-state index contributed by atoms with van der Waals surface area (Å²) in [6.07, 6.45) is -8.58. The van der Waals surface area contributed by atoms with E-state index in [1.54, 1.807) is 6.92 Å². The van der Waals surface area contributed by atoms with Gasteiger partial charge in [0.15, 0.2) is 0 Å². The highest BCUT2D eigenvalue weighted by molar-refractivity contribution is 5.38. The number of benzene rings is 2. The summed E-state index contributed by atoms with van der Waals surface area (Å²) in [7, 11) is 0. The minimum Gasteiger partial charge on any atom is -0.166 e.